The number of carbonyl (C=O) groups is 2. The largest absolute Gasteiger partial charge is 0.480 e. The van der Waals surface area contributed by atoms with E-state index in [-0.39, 0.29) is 5.56 Å². The Kier molecular flexibility index (Phi) is 4.01. The van der Waals surface area contributed by atoms with Crippen molar-refractivity contribution < 1.29 is 19.1 Å². The highest BCUT2D eigenvalue weighted by atomic mass is 19.1. The molecule has 1 fully saturated rings. The number of halogens is 1. The van der Waals surface area contributed by atoms with E-state index in [9.17, 15) is 14.0 Å². The zero-order valence-corrected chi connectivity index (χ0v) is 12.1. The maximum Gasteiger partial charge on any atom is 0.326 e. The Hall–Kier alpha value is -2.83. The fraction of sp³-hybridized carbons (Fsp3) is 0.250. The monoisotopic (exact) mass is 315 g/mol. The summed E-state index contributed by atoms with van der Waals surface area (Å²) in [5, 5.41) is 9.14. The smallest absolute Gasteiger partial charge is 0.326 e. The van der Waals surface area contributed by atoms with Crippen molar-refractivity contribution in [1.82, 2.24) is 14.9 Å². The highest BCUT2D eigenvalue weighted by Gasteiger charge is 2.35. The molecule has 1 amide bonds. The number of carbonyl (C=O) groups excluding carboxylic acids is 1. The first-order chi connectivity index (χ1) is 11.1. The van der Waals surface area contributed by atoms with E-state index in [0.717, 1.165) is 0 Å². The molecule has 0 bridgehead atoms. The van der Waals surface area contributed by atoms with Crippen molar-refractivity contribution in [2.75, 3.05) is 6.54 Å². The summed E-state index contributed by atoms with van der Waals surface area (Å²) in [5.74, 6) is -2.34. The number of aromatic nitrogens is 2. The van der Waals surface area contributed by atoms with Crippen LogP contribution in [-0.2, 0) is 4.79 Å². The standard InChI is InChI=1S/C16H14FN3O3/c17-13-6-10(11-7-18-9-19-8-11)3-4-12(13)15(21)20-5-1-2-14(20)16(22)23/h3-4,6-9,14H,1-2,5H2,(H,22,23)/t14-/m0/s1. The molecular formula is C16H14FN3O3. The fourth-order valence-electron chi connectivity index (χ4n) is 2.74. The highest BCUT2D eigenvalue weighted by Crippen LogP contribution is 2.24. The van der Waals surface area contributed by atoms with Gasteiger partial charge < -0.3 is 10.0 Å². The van der Waals surface area contributed by atoms with Crippen LogP contribution in [0.4, 0.5) is 4.39 Å². The Labute approximate surface area is 131 Å². The molecule has 0 spiro atoms. The van der Waals surface area contributed by atoms with Gasteiger partial charge in [0.1, 0.15) is 18.2 Å². The molecule has 2 aromatic rings. The van der Waals surface area contributed by atoms with Crippen LogP contribution in [-0.4, -0.2) is 44.4 Å². The van der Waals surface area contributed by atoms with Crippen molar-refractivity contribution in [1.29, 1.82) is 0 Å². The predicted molar refractivity (Wildman–Crippen MR) is 79.1 cm³/mol. The van der Waals surface area contributed by atoms with Gasteiger partial charge in [0.05, 0.1) is 5.56 Å². The van der Waals surface area contributed by atoms with Gasteiger partial charge in [0.25, 0.3) is 5.91 Å². The van der Waals surface area contributed by atoms with Crippen LogP contribution in [0.3, 0.4) is 0 Å². The van der Waals surface area contributed by atoms with Crippen LogP contribution in [0.15, 0.2) is 36.9 Å². The van der Waals surface area contributed by atoms with Crippen LogP contribution < -0.4 is 0 Å². The minimum atomic E-state index is -1.06. The summed E-state index contributed by atoms with van der Waals surface area (Å²) in [4.78, 5) is 32.5. The van der Waals surface area contributed by atoms with Gasteiger partial charge in [-0.25, -0.2) is 19.2 Å². The number of likely N-dealkylation sites (tertiary alicyclic amines) is 1. The minimum Gasteiger partial charge on any atom is -0.480 e. The van der Waals surface area contributed by atoms with E-state index in [1.165, 1.54) is 23.4 Å². The number of hydrogen-bond donors (Lipinski definition) is 1. The van der Waals surface area contributed by atoms with Crippen LogP contribution in [0.25, 0.3) is 11.1 Å². The molecule has 3 rings (SSSR count). The third kappa shape index (κ3) is 2.90. The molecule has 7 heteroatoms. The maximum absolute atomic E-state index is 14.3. The first-order valence-electron chi connectivity index (χ1n) is 7.16. The lowest BCUT2D eigenvalue weighted by Gasteiger charge is -2.21. The molecule has 0 saturated carbocycles. The Morgan fingerprint density at radius 2 is 1.96 bits per heavy atom. The molecule has 1 saturated heterocycles. The molecule has 23 heavy (non-hydrogen) atoms. The summed E-state index contributed by atoms with van der Waals surface area (Å²) in [7, 11) is 0. The van der Waals surface area contributed by atoms with Crippen LogP contribution in [0.5, 0.6) is 0 Å². The molecule has 0 radical (unpaired) electrons. The molecular weight excluding hydrogens is 301 g/mol. The molecule has 0 unspecified atom stereocenters. The van der Waals surface area contributed by atoms with Crippen LogP contribution in [0.2, 0.25) is 0 Å². The fourth-order valence-corrected chi connectivity index (χ4v) is 2.74. The van der Waals surface area contributed by atoms with Crippen molar-refractivity contribution in [2.24, 2.45) is 0 Å². The molecule has 118 valence electrons. The van der Waals surface area contributed by atoms with Gasteiger partial charge in [-0.1, -0.05) is 6.07 Å². The first kappa shape index (κ1) is 15.1. The third-order valence-electron chi connectivity index (χ3n) is 3.89. The Morgan fingerprint density at radius 3 is 2.61 bits per heavy atom. The molecule has 1 aliphatic rings. The van der Waals surface area contributed by atoms with Crippen molar-refractivity contribution >= 4 is 11.9 Å². The molecule has 1 aromatic heterocycles. The highest BCUT2D eigenvalue weighted by molar-refractivity contribution is 5.97. The first-order valence-corrected chi connectivity index (χ1v) is 7.16. The van der Waals surface area contributed by atoms with Crippen LogP contribution in [0, 0.1) is 5.82 Å². The van der Waals surface area contributed by atoms with E-state index in [2.05, 4.69) is 9.97 Å². The number of amides is 1. The second kappa shape index (κ2) is 6.12. The van der Waals surface area contributed by atoms with Gasteiger partial charge in [-0.05, 0) is 30.5 Å². The van der Waals surface area contributed by atoms with Gasteiger partial charge in [0, 0.05) is 24.5 Å². The summed E-state index contributed by atoms with van der Waals surface area (Å²) in [6, 6.07) is 3.32. The van der Waals surface area contributed by atoms with Gasteiger partial charge in [0.15, 0.2) is 0 Å². The molecule has 1 aromatic carbocycles. The number of hydrogen-bond acceptors (Lipinski definition) is 4. The zero-order chi connectivity index (χ0) is 16.4. The lowest BCUT2D eigenvalue weighted by molar-refractivity contribution is -0.141. The normalized spacial score (nSPS) is 17.3. The number of aliphatic carboxylic acids is 1. The van der Waals surface area contributed by atoms with Gasteiger partial charge in [-0.2, -0.15) is 0 Å². The summed E-state index contributed by atoms with van der Waals surface area (Å²) < 4.78 is 14.3. The Bertz CT molecular complexity index is 751. The molecule has 6 nitrogen and oxygen atoms in total. The third-order valence-corrected chi connectivity index (χ3v) is 3.89. The molecule has 1 atom stereocenters. The SMILES string of the molecule is O=C(O)[C@@H]1CCCN1C(=O)c1ccc(-c2cncnc2)cc1F. The van der Waals surface area contributed by atoms with Gasteiger partial charge in [-0.15, -0.1) is 0 Å². The van der Waals surface area contributed by atoms with E-state index >= 15 is 0 Å². The van der Waals surface area contributed by atoms with Crippen molar-refractivity contribution in [2.45, 2.75) is 18.9 Å². The maximum atomic E-state index is 14.3. The second-order valence-electron chi connectivity index (χ2n) is 5.32. The van der Waals surface area contributed by atoms with Crippen LogP contribution in [0.1, 0.15) is 23.2 Å². The summed E-state index contributed by atoms with van der Waals surface area (Å²) in [6.07, 6.45) is 5.46. The average molecular weight is 315 g/mol. The summed E-state index contributed by atoms with van der Waals surface area (Å²) in [6.45, 7) is 0.323. The summed E-state index contributed by atoms with van der Waals surface area (Å²) in [5.41, 5.74) is 1.06. The van der Waals surface area contributed by atoms with Gasteiger partial charge >= 0.3 is 5.97 Å². The van der Waals surface area contributed by atoms with E-state index in [1.807, 2.05) is 0 Å². The van der Waals surface area contributed by atoms with Crippen molar-refractivity contribution in [3.63, 3.8) is 0 Å². The van der Waals surface area contributed by atoms with E-state index < -0.39 is 23.7 Å². The topological polar surface area (TPSA) is 83.4 Å². The van der Waals surface area contributed by atoms with Gasteiger partial charge in [-0.3, -0.25) is 4.79 Å². The second-order valence-corrected chi connectivity index (χ2v) is 5.32. The number of benzene rings is 1. The lowest BCUT2D eigenvalue weighted by atomic mass is 10.1. The summed E-state index contributed by atoms with van der Waals surface area (Å²) >= 11 is 0. The van der Waals surface area contributed by atoms with E-state index in [0.29, 0.717) is 30.5 Å². The minimum absolute atomic E-state index is 0.126. The number of carboxylic acid groups (broad SMARTS) is 1. The van der Waals surface area contributed by atoms with Gasteiger partial charge in [0.2, 0.25) is 0 Å². The van der Waals surface area contributed by atoms with Crippen molar-refractivity contribution in [3.8, 4) is 11.1 Å². The quantitative estimate of drug-likeness (QED) is 0.936. The Balaban J connectivity index is 1.89. The Morgan fingerprint density at radius 1 is 1.22 bits per heavy atom. The predicted octanol–water partition coefficient (Wildman–Crippen LogP) is 1.97. The van der Waals surface area contributed by atoms with E-state index in [1.54, 1.807) is 18.5 Å². The number of carboxylic acids is 1. The van der Waals surface area contributed by atoms with E-state index in [4.69, 9.17) is 5.11 Å². The number of nitrogens with zero attached hydrogens (tertiary/aromatic N) is 3. The molecule has 0 aliphatic carbocycles. The molecule has 1 aliphatic heterocycles. The molecule has 2 heterocycles. The lowest BCUT2D eigenvalue weighted by Crippen LogP contribution is -2.40. The van der Waals surface area contributed by atoms with Crippen LogP contribution >= 0.6 is 0 Å². The number of rotatable bonds is 3. The average Bonchev–Trinajstić information content (AvgIpc) is 3.05. The zero-order valence-electron chi connectivity index (χ0n) is 12.1. The molecule has 1 N–H and O–H groups in total. The van der Waals surface area contributed by atoms with Crippen molar-refractivity contribution in [3.05, 3.63) is 48.3 Å².